The molecule has 6 nitrogen and oxygen atoms in total. The molecule has 176 valence electrons. The number of alkyl halides is 2. The first kappa shape index (κ1) is 22.5. The van der Waals surface area contributed by atoms with Crippen molar-refractivity contribution in [2.24, 2.45) is 5.92 Å². The molecule has 0 radical (unpaired) electrons. The fourth-order valence-electron chi connectivity index (χ4n) is 5.43. The molecule has 3 aliphatic rings. The van der Waals surface area contributed by atoms with E-state index in [1.54, 1.807) is 18.2 Å². The molecule has 0 heterocycles. The minimum absolute atomic E-state index is 0.0453. The molecule has 2 bridgehead atoms. The molecule has 9 heteroatoms. The minimum atomic E-state index is -5.76. The van der Waals surface area contributed by atoms with Crippen molar-refractivity contribution >= 4 is 16.1 Å². The van der Waals surface area contributed by atoms with Gasteiger partial charge in [0.25, 0.3) is 0 Å². The van der Waals surface area contributed by atoms with Crippen molar-refractivity contribution < 1.29 is 36.4 Å². The average molecular weight is 486 g/mol. The zero-order valence-electron chi connectivity index (χ0n) is 17.6. The van der Waals surface area contributed by atoms with E-state index >= 15 is 0 Å². The number of para-hydroxylation sites is 1. The number of hydrogen-bond donors (Lipinski definition) is 2. The number of halogens is 2. The van der Waals surface area contributed by atoms with Crippen LogP contribution in [0.25, 0.3) is 0 Å². The number of benzene rings is 3. The summed E-state index contributed by atoms with van der Waals surface area (Å²) in [5.74, 6) is -3.67. The second-order valence-electron chi connectivity index (χ2n) is 8.54. The standard InChI is InChI=1S/C25H20F2O6S/c26-25(27,34(30,31)32)13-33-24(29)23-21-16-9-3-1-7-14(16)20(15-8-2-4-10-17(15)21)22(23)18-11-5-6-12-19(18)28/h1-12,20-23,28H,13H2,(H,30,31,32). The maximum absolute atomic E-state index is 13.9. The summed E-state index contributed by atoms with van der Waals surface area (Å²) in [6, 6.07) is 21.6. The number of ether oxygens (including phenoxy) is 1. The Labute approximate surface area is 194 Å². The number of carbonyl (C=O) groups is 1. The van der Waals surface area contributed by atoms with Crippen LogP contribution in [0.1, 0.15) is 45.6 Å². The molecule has 34 heavy (non-hydrogen) atoms. The van der Waals surface area contributed by atoms with Crippen LogP contribution in [-0.4, -0.2) is 35.9 Å². The summed E-state index contributed by atoms with van der Waals surface area (Å²) in [6.45, 7) is -1.81. The third-order valence-electron chi connectivity index (χ3n) is 6.77. The van der Waals surface area contributed by atoms with E-state index in [1.165, 1.54) is 6.07 Å². The number of esters is 1. The molecular formula is C25H20F2O6S. The average Bonchev–Trinajstić information content (AvgIpc) is 2.81. The molecule has 0 saturated heterocycles. The van der Waals surface area contributed by atoms with Gasteiger partial charge >= 0.3 is 21.3 Å². The van der Waals surface area contributed by atoms with Crippen LogP contribution < -0.4 is 0 Å². The van der Waals surface area contributed by atoms with Gasteiger partial charge in [-0.05, 0) is 33.9 Å². The molecule has 0 saturated carbocycles. The smallest absolute Gasteiger partial charge is 0.402 e. The van der Waals surface area contributed by atoms with Crippen molar-refractivity contribution in [1.82, 2.24) is 0 Å². The van der Waals surface area contributed by atoms with Crippen molar-refractivity contribution in [2.45, 2.75) is 23.0 Å². The van der Waals surface area contributed by atoms with E-state index in [4.69, 9.17) is 9.29 Å². The molecule has 0 aromatic heterocycles. The van der Waals surface area contributed by atoms with Crippen LogP contribution in [0.5, 0.6) is 5.75 Å². The number of phenols is 1. The predicted molar refractivity (Wildman–Crippen MR) is 118 cm³/mol. The van der Waals surface area contributed by atoms with Crippen molar-refractivity contribution in [3.8, 4) is 5.75 Å². The van der Waals surface area contributed by atoms with Crippen LogP contribution in [-0.2, 0) is 19.6 Å². The van der Waals surface area contributed by atoms with Gasteiger partial charge in [-0.1, -0.05) is 66.7 Å². The highest BCUT2D eigenvalue weighted by Crippen LogP contribution is 2.62. The van der Waals surface area contributed by atoms with E-state index < -0.39 is 45.7 Å². The Balaban J connectivity index is 1.66. The van der Waals surface area contributed by atoms with Gasteiger partial charge in [0.1, 0.15) is 5.75 Å². The Kier molecular flexibility index (Phi) is 5.22. The number of aromatic hydroxyl groups is 1. The van der Waals surface area contributed by atoms with Crippen LogP contribution in [0.3, 0.4) is 0 Å². The summed E-state index contributed by atoms with van der Waals surface area (Å²) >= 11 is 0. The summed E-state index contributed by atoms with van der Waals surface area (Å²) in [5.41, 5.74) is 4.09. The Bertz CT molecular complexity index is 1340. The lowest BCUT2D eigenvalue weighted by Gasteiger charge is -2.50. The van der Waals surface area contributed by atoms with Gasteiger partial charge < -0.3 is 9.84 Å². The summed E-state index contributed by atoms with van der Waals surface area (Å²) in [5, 5.41) is 6.03. The molecule has 3 aromatic carbocycles. The number of rotatable bonds is 5. The second-order valence-corrected chi connectivity index (χ2v) is 10.1. The fraction of sp³-hybridized carbons (Fsp3) is 0.240. The van der Waals surface area contributed by atoms with Gasteiger partial charge in [0.05, 0.1) is 5.92 Å². The molecule has 0 spiro atoms. The van der Waals surface area contributed by atoms with E-state index in [9.17, 15) is 27.1 Å². The molecule has 0 fully saturated rings. The lowest BCUT2D eigenvalue weighted by molar-refractivity contribution is -0.156. The summed E-state index contributed by atoms with van der Waals surface area (Å²) < 4.78 is 63.4. The first-order valence-electron chi connectivity index (χ1n) is 10.6. The van der Waals surface area contributed by atoms with Gasteiger partial charge in [-0.2, -0.15) is 17.2 Å². The topological polar surface area (TPSA) is 101 Å². The van der Waals surface area contributed by atoms with Crippen LogP contribution in [0.2, 0.25) is 0 Å². The molecule has 2 atom stereocenters. The molecule has 6 rings (SSSR count). The van der Waals surface area contributed by atoms with E-state index in [0.29, 0.717) is 5.56 Å². The van der Waals surface area contributed by atoms with Crippen LogP contribution in [0, 0.1) is 5.92 Å². The second kappa shape index (κ2) is 7.89. The van der Waals surface area contributed by atoms with Gasteiger partial charge in [-0.15, -0.1) is 0 Å². The van der Waals surface area contributed by atoms with Gasteiger partial charge in [-0.3, -0.25) is 9.35 Å². The molecule has 0 amide bonds. The summed E-state index contributed by atoms with van der Waals surface area (Å²) in [7, 11) is -5.76. The highest BCUT2D eigenvalue weighted by Gasteiger charge is 2.55. The highest BCUT2D eigenvalue weighted by molar-refractivity contribution is 7.86. The Morgan fingerprint density at radius 1 is 0.824 bits per heavy atom. The van der Waals surface area contributed by atoms with E-state index in [-0.39, 0.29) is 11.7 Å². The largest absolute Gasteiger partial charge is 0.508 e. The maximum Gasteiger partial charge on any atom is 0.402 e. The normalized spacial score (nSPS) is 23.1. The van der Waals surface area contributed by atoms with Crippen LogP contribution in [0.15, 0.2) is 72.8 Å². The van der Waals surface area contributed by atoms with Crippen molar-refractivity contribution in [1.29, 1.82) is 0 Å². The quantitative estimate of drug-likeness (QED) is 0.409. The molecule has 0 aliphatic heterocycles. The first-order valence-corrected chi connectivity index (χ1v) is 12.0. The van der Waals surface area contributed by atoms with Crippen LogP contribution in [0.4, 0.5) is 8.78 Å². The molecule has 3 aliphatic carbocycles. The van der Waals surface area contributed by atoms with E-state index in [1.807, 2.05) is 48.5 Å². The van der Waals surface area contributed by atoms with Gasteiger partial charge in [0, 0.05) is 17.8 Å². The number of carbonyl (C=O) groups excluding carboxylic acids is 1. The third kappa shape index (κ3) is 3.38. The third-order valence-corrected chi connectivity index (χ3v) is 7.64. The molecule has 3 aromatic rings. The summed E-state index contributed by atoms with van der Waals surface area (Å²) in [4.78, 5) is 13.4. The molecular weight excluding hydrogens is 466 g/mol. The van der Waals surface area contributed by atoms with Crippen molar-refractivity contribution in [3.05, 3.63) is 101 Å². The number of hydrogen-bond acceptors (Lipinski definition) is 5. The minimum Gasteiger partial charge on any atom is -0.508 e. The lowest BCUT2D eigenvalue weighted by atomic mass is 9.53. The Morgan fingerprint density at radius 2 is 1.26 bits per heavy atom. The number of fused-ring (bicyclic) bond motifs is 1. The lowest BCUT2D eigenvalue weighted by Crippen LogP contribution is -2.44. The van der Waals surface area contributed by atoms with Crippen LogP contribution >= 0.6 is 0 Å². The fourth-order valence-corrected chi connectivity index (χ4v) is 5.64. The molecule has 2 N–H and O–H groups in total. The zero-order chi connectivity index (χ0) is 24.3. The highest BCUT2D eigenvalue weighted by atomic mass is 32.2. The SMILES string of the molecule is O=C(OCC(F)(F)S(=O)(=O)O)C1C2c3ccccc3C(c3ccccc32)C1c1ccccc1O. The van der Waals surface area contributed by atoms with Gasteiger partial charge in [-0.25, -0.2) is 0 Å². The Hall–Kier alpha value is -3.30. The van der Waals surface area contributed by atoms with Crippen molar-refractivity contribution in [2.75, 3.05) is 6.61 Å². The Morgan fingerprint density at radius 3 is 1.74 bits per heavy atom. The van der Waals surface area contributed by atoms with Gasteiger partial charge in [0.2, 0.25) is 0 Å². The monoisotopic (exact) mass is 486 g/mol. The van der Waals surface area contributed by atoms with Crippen molar-refractivity contribution in [3.63, 3.8) is 0 Å². The van der Waals surface area contributed by atoms with E-state index in [0.717, 1.165) is 22.3 Å². The van der Waals surface area contributed by atoms with Gasteiger partial charge in [0.15, 0.2) is 6.61 Å². The molecule has 2 unspecified atom stereocenters. The summed E-state index contributed by atoms with van der Waals surface area (Å²) in [6.07, 6.45) is 0. The predicted octanol–water partition coefficient (Wildman–Crippen LogP) is 4.41. The van der Waals surface area contributed by atoms with E-state index in [2.05, 4.69) is 0 Å². The first-order chi connectivity index (χ1) is 16.1. The zero-order valence-corrected chi connectivity index (χ0v) is 18.5. The maximum atomic E-state index is 13.9. The number of phenolic OH excluding ortho intramolecular Hbond substituents is 1.